The topological polar surface area (TPSA) is 69.3 Å². The number of nitrogens with zero attached hydrogens (tertiary/aromatic N) is 4. The predicted molar refractivity (Wildman–Crippen MR) is 127 cm³/mol. The van der Waals surface area contributed by atoms with Gasteiger partial charge in [0.2, 0.25) is 5.78 Å². The van der Waals surface area contributed by atoms with E-state index >= 15 is 0 Å². The molecule has 0 aliphatic rings. The average molecular weight is 441 g/mol. The fourth-order valence-electron chi connectivity index (χ4n) is 3.79. The lowest BCUT2D eigenvalue weighted by Gasteiger charge is -2.14. The molecule has 3 aromatic carbocycles. The second kappa shape index (κ2) is 8.09. The summed E-state index contributed by atoms with van der Waals surface area (Å²) in [4.78, 5) is 26.1. The Morgan fingerprint density at radius 1 is 0.938 bits per heavy atom. The molecule has 0 saturated heterocycles. The zero-order valence-electron chi connectivity index (χ0n) is 17.6. The number of carbonyl (C=O) groups is 1. The van der Waals surface area contributed by atoms with Crippen LogP contribution in [0.25, 0.3) is 22.4 Å². The number of fused-ring (bicyclic) bond motifs is 3. The van der Waals surface area contributed by atoms with Gasteiger partial charge in [0.15, 0.2) is 10.9 Å². The minimum atomic E-state index is -0.147. The number of rotatable bonds is 5. The summed E-state index contributed by atoms with van der Waals surface area (Å²) in [6, 6.07) is 22.6. The first-order valence-electron chi connectivity index (χ1n) is 10.2. The van der Waals surface area contributed by atoms with Gasteiger partial charge in [-0.25, -0.2) is 4.57 Å². The predicted octanol–water partition coefficient (Wildman–Crippen LogP) is 4.63. The van der Waals surface area contributed by atoms with Crippen LogP contribution in [0.3, 0.4) is 0 Å². The molecule has 0 bridgehead atoms. The molecule has 0 spiro atoms. The molecule has 32 heavy (non-hydrogen) atoms. The zero-order chi connectivity index (χ0) is 22.2. The van der Waals surface area contributed by atoms with Crippen molar-refractivity contribution in [1.82, 2.24) is 19.2 Å². The van der Waals surface area contributed by atoms with Gasteiger partial charge in [-0.05, 0) is 43.2 Å². The first kappa shape index (κ1) is 20.2. The minimum Gasteiger partial charge on any atom is -0.293 e. The summed E-state index contributed by atoms with van der Waals surface area (Å²) in [7, 11) is 0. The first-order valence-corrected chi connectivity index (χ1v) is 11.2. The SMILES string of the molecule is Cc1ccc(C)c(-n2c(=O)c3ccccc3n3c(SCC(=O)c4ccccc4)nnc23)c1. The summed E-state index contributed by atoms with van der Waals surface area (Å²) < 4.78 is 3.47. The molecule has 158 valence electrons. The van der Waals surface area contributed by atoms with Crippen LogP contribution in [0.15, 0.2) is 82.7 Å². The number of para-hydroxylation sites is 1. The van der Waals surface area contributed by atoms with Gasteiger partial charge in [-0.2, -0.15) is 0 Å². The van der Waals surface area contributed by atoms with Gasteiger partial charge < -0.3 is 0 Å². The van der Waals surface area contributed by atoms with E-state index in [1.54, 1.807) is 16.7 Å². The van der Waals surface area contributed by atoms with Gasteiger partial charge in [-0.3, -0.25) is 14.0 Å². The molecule has 0 saturated carbocycles. The average Bonchev–Trinajstić information content (AvgIpc) is 3.24. The highest BCUT2D eigenvalue weighted by molar-refractivity contribution is 7.99. The Balaban J connectivity index is 1.69. The van der Waals surface area contributed by atoms with Crippen molar-refractivity contribution in [3.8, 4) is 5.69 Å². The lowest BCUT2D eigenvalue weighted by atomic mass is 10.1. The van der Waals surface area contributed by atoms with Gasteiger partial charge in [-0.1, -0.05) is 66.4 Å². The Hall–Kier alpha value is -3.71. The van der Waals surface area contributed by atoms with E-state index in [1.165, 1.54) is 11.8 Å². The molecule has 0 aliphatic carbocycles. The third-order valence-corrected chi connectivity index (χ3v) is 6.36. The number of aryl methyl sites for hydroxylation is 2. The summed E-state index contributed by atoms with van der Waals surface area (Å²) in [6.07, 6.45) is 0. The van der Waals surface area contributed by atoms with Crippen LogP contribution in [0.1, 0.15) is 21.5 Å². The largest absolute Gasteiger partial charge is 0.293 e. The third-order valence-electron chi connectivity index (χ3n) is 5.43. The van der Waals surface area contributed by atoms with Crippen molar-refractivity contribution >= 4 is 34.2 Å². The third kappa shape index (κ3) is 3.40. The highest BCUT2D eigenvalue weighted by Gasteiger charge is 2.19. The zero-order valence-corrected chi connectivity index (χ0v) is 18.5. The molecule has 0 aliphatic heterocycles. The van der Waals surface area contributed by atoms with Gasteiger partial charge in [0.05, 0.1) is 22.3 Å². The number of aromatic nitrogens is 4. The standard InChI is InChI=1S/C25H20N4O2S/c1-16-12-13-17(2)21(14-16)28-23(31)19-10-6-7-11-20(19)29-24(28)26-27-25(29)32-15-22(30)18-8-4-3-5-9-18/h3-14H,15H2,1-2H3. The van der Waals surface area contributed by atoms with E-state index in [9.17, 15) is 9.59 Å². The van der Waals surface area contributed by atoms with E-state index < -0.39 is 0 Å². The smallest absolute Gasteiger partial charge is 0.267 e. The number of thioether (sulfide) groups is 1. The molecule has 0 unspecified atom stereocenters. The molecule has 6 nitrogen and oxygen atoms in total. The van der Waals surface area contributed by atoms with Crippen LogP contribution >= 0.6 is 11.8 Å². The number of ketones is 1. The maximum absolute atomic E-state index is 13.5. The maximum Gasteiger partial charge on any atom is 0.267 e. The highest BCUT2D eigenvalue weighted by atomic mass is 32.2. The summed E-state index contributed by atoms with van der Waals surface area (Å²) in [5.41, 5.74) is 4.01. The lowest BCUT2D eigenvalue weighted by Crippen LogP contribution is -2.22. The summed E-state index contributed by atoms with van der Waals surface area (Å²) >= 11 is 1.32. The summed E-state index contributed by atoms with van der Waals surface area (Å²) in [5, 5.41) is 9.86. The van der Waals surface area contributed by atoms with Crippen molar-refractivity contribution in [3.05, 3.63) is 99.8 Å². The van der Waals surface area contributed by atoms with E-state index in [-0.39, 0.29) is 17.1 Å². The Labute approximate surface area is 188 Å². The molecule has 2 aromatic heterocycles. The molecule has 0 amide bonds. The molecule has 0 fully saturated rings. The highest BCUT2D eigenvalue weighted by Crippen LogP contribution is 2.25. The molecule has 0 N–H and O–H groups in total. The number of Topliss-reactive ketones (excluding diaryl/α,β-unsaturated/α-hetero) is 1. The Morgan fingerprint density at radius 2 is 1.69 bits per heavy atom. The Morgan fingerprint density at radius 3 is 2.50 bits per heavy atom. The van der Waals surface area contributed by atoms with Gasteiger partial charge in [-0.15, -0.1) is 10.2 Å². The second-order valence-electron chi connectivity index (χ2n) is 7.64. The van der Waals surface area contributed by atoms with Crippen LogP contribution in [0.4, 0.5) is 0 Å². The molecule has 5 aromatic rings. The van der Waals surface area contributed by atoms with Crippen molar-refractivity contribution in [2.45, 2.75) is 19.0 Å². The molecule has 0 atom stereocenters. The molecule has 5 rings (SSSR count). The lowest BCUT2D eigenvalue weighted by molar-refractivity contribution is 0.102. The van der Waals surface area contributed by atoms with Crippen LogP contribution in [0.5, 0.6) is 0 Å². The number of hydrogen-bond acceptors (Lipinski definition) is 5. The van der Waals surface area contributed by atoms with E-state index in [0.29, 0.717) is 27.4 Å². The van der Waals surface area contributed by atoms with Gasteiger partial charge in [0.1, 0.15) is 0 Å². The quantitative estimate of drug-likeness (QED) is 0.295. The van der Waals surface area contributed by atoms with E-state index in [2.05, 4.69) is 10.2 Å². The molecular weight excluding hydrogens is 420 g/mol. The number of benzene rings is 3. The maximum atomic E-state index is 13.5. The van der Waals surface area contributed by atoms with E-state index in [4.69, 9.17) is 0 Å². The number of carbonyl (C=O) groups excluding carboxylic acids is 1. The van der Waals surface area contributed by atoms with Gasteiger partial charge >= 0.3 is 0 Å². The molecular formula is C25H20N4O2S. The van der Waals surface area contributed by atoms with Crippen LogP contribution in [-0.2, 0) is 0 Å². The fourth-order valence-corrected chi connectivity index (χ4v) is 4.62. The van der Waals surface area contributed by atoms with Crippen LogP contribution in [0.2, 0.25) is 0 Å². The van der Waals surface area contributed by atoms with Gasteiger partial charge in [0, 0.05) is 5.56 Å². The van der Waals surface area contributed by atoms with Crippen molar-refractivity contribution < 1.29 is 4.79 Å². The van der Waals surface area contributed by atoms with E-state index in [1.807, 2.05) is 78.9 Å². The summed E-state index contributed by atoms with van der Waals surface area (Å²) in [6.45, 7) is 3.96. The summed E-state index contributed by atoms with van der Waals surface area (Å²) in [5.74, 6) is 0.665. The first-order chi connectivity index (χ1) is 15.5. The molecule has 7 heteroatoms. The van der Waals surface area contributed by atoms with Crippen molar-refractivity contribution in [2.75, 3.05) is 5.75 Å². The fraction of sp³-hybridized carbons (Fsp3) is 0.120. The van der Waals surface area contributed by atoms with Crippen molar-refractivity contribution in [1.29, 1.82) is 0 Å². The monoisotopic (exact) mass is 440 g/mol. The Bertz CT molecular complexity index is 1540. The Kier molecular flexibility index (Phi) is 5.11. The van der Waals surface area contributed by atoms with Crippen LogP contribution in [0, 0.1) is 13.8 Å². The van der Waals surface area contributed by atoms with Crippen LogP contribution in [-0.4, -0.2) is 30.7 Å². The number of hydrogen-bond donors (Lipinski definition) is 0. The van der Waals surface area contributed by atoms with E-state index in [0.717, 1.165) is 16.8 Å². The van der Waals surface area contributed by atoms with Crippen molar-refractivity contribution in [2.24, 2.45) is 0 Å². The van der Waals surface area contributed by atoms with Crippen LogP contribution < -0.4 is 5.56 Å². The normalized spacial score (nSPS) is 11.3. The molecule has 0 radical (unpaired) electrons. The van der Waals surface area contributed by atoms with Crippen molar-refractivity contribution in [3.63, 3.8) is 0 Å². The second-order valence-corrected chi connectivity index (χ2v) is 8.59. The minimum absolute atomic E-state index is 0.0134. The molecule has 2 heterocycles. The van der Waals surface area contributed by atoms with Gasteiger partial charge in [0.25, 0.3) is 5.56 Å².